The van der Waals surface area contributed by atoms with E-state index in [9.17, 15) is 0 Å². The number of hydrogen-bond donors (Lipinski definition) is 0. The van der Waals surface area contributed by atoms with Gasteiger partial charge in [0.25, 0.3) is 0 Å². The molecule has 0 bridgehead atoms. The molecule has 0 fully saturated rings. The molecule has 13 aromatic rings. The number of nitrogens with zero attached hydrogens (tertiary/aromatic N) is 1. The van der Waals surface area contributed by atoms with Crippen LogP contribution in [0.2, 0.25) is 0 Å². The predicted molar refractivity (Wildman–Crippen MR) is 262 cm³/mol. The lowest BCUT2D eigenvalue weighted by atomic mass is 9.94. The van der Waals surface area contributed by atoms with Crippen molar-refractivity contribution in [3.8, 4) is 33.4 Å². The second-order valence-electron chi connectivity index (χ2n) is 16.0. The average Bonchev–Trinajstić information content (AvgIpc) is 4.04. The number of thiophene rings is 1. The minimum Gasteiger partial charge on any atom is -0.455 e. The summed E-state index contributed by atoms with van der Waals surface area (Å²) in [7, 11) is 0. The van der Waals surface area contributed by atoms with E-state index in [1.807, 2.05) is 17.4 Å². The van der Waals surface area contributed by atoms with Gasteiger partial charge in [0.15, 0.2) is 5.58 Å². The first-order chi connectivity index (χ1) is 30.7. The van der Waals surface area contributed by atoms with Gasteiger partial charge in [-0.05, 0) is 105 Å². The maximum atomic E-state index is 7.04. The van der Waals surface area contributed by atoms with Gasteiger partial charge in [0.2, 0.25) is 0 Å². The van der Waals surface area contributed by atoms with Crippen molar-refractivity contribution in [2.75, 3.05) is 4.90 Å². The molecule has 0 spiro atoms. The zero-order valence-electron chi connectivity index (χ0n) is 33.4. The third kappa shape index (κ3) is 5.37. The number of benzene rings is 10. The Hall–Kier alpha value is -7.92. The summed E-state index contributed by atoms with van der Waals surface area (Å²) in [5, 5.41) is 9.27. The Morgan fingerprint density at radius 3 is 1.71 bits per heavy atom. The van der Waals surface area contributed by atoms with Crippen molar-refractivity contribution in [1.29, 1.82) is 0 Å². The molecule has 0 aliphatic carbocycles. The summed E-state index contributed by atoms with van der Waals surface area (Å²) in [5.41, 5.74) is 13.6. The van der Waals surface area contributed by atoms with Crippen LogP contribution in [0.3, 0.4) is 0 Å². The smallest absolute Gasteiger partial charge is 0.160 e. The maximum Gasteiger partial charge on any atom is 0.160 e. The Balaban J connectivity index is 1.04. The summed E-state index contributed by atoms with van der Waals surface area (Å²) < 4.78 is 16.2. The topological polar surface area (TPSA) is 29.5 Å². The van der Waals surface area contributed by atoms with E-state index in [1.165, 1.54) is 47.8 Å². The van der Waals surface area contributed by atoms with Gasteiger partial charge in [0, 0.05) is 53.1 Å². The van der Waals surface area contributed by atoms with E-state index in [0.717, 1.165) is 77.5 Å². The Morgan fingerprint density at radius 2 is 0.903 bits per heavy atom. The summed E-state index contributed by atoms with van der Waals surface area (Å²) in [4.78, 5) is 2.34. The van der Waals surface area contributed by atoms with Crippen molar-refractivity contribution in [3.05, 3.63) is 212 Å². The molecule has 62 heavy (non-hydrogen) atoms. The Morgan fingerprint density at radius 1 is 0.323 bits per heavy atom. The highest BCUT2D eigenvalue weighted by atomic mass is 32.1. The molecular weight excluding hydrogens is 775 g/mol. The van der Waals surface area contributed by atoms with Crippen molar-refractivity contribution in [2.45, 2.75) is 0 Å². The molecule has 0 amide bonds. The lowest BCUT2D eigenvalue weighted by Crippen LogP contribution is -2.10. The molecule has 0 saturated carbocycles. The van der Waals surface area contributed by atoms with E-state index in [2.05, 4.69) is 211 Å². The SMILES string of the molecule is c1ccc(-c2ccc(N(c3ccc(-c4cccc5ccccc45)cc3)c3ccc(-c4cccc5sc6ccc7c8ccccc8oc7c6c45)c4c3oc3ccccc34)cc2)cc1. The number of hydrogen-bond acceptors (Lipinski definition) is 4. The van der Waals surface area contributed by atoms with Gasteiger partial charge in [0.05, 0.1) is 5.69 Å². The Bertz CT molecular complexity index is 3850. The molecule has 13 rings (SSSR count). The molecule has 290 valence electrons. The van der Waals surface area contributed by atoms with E-state index in [4.69, 9.17) is 8.83 Å². The highest BCUT2D eigenvalue weighted by Gasteiger charge is 2.25. The van der Waals surface area contributed by atoms with Crippen molar-refractivity contribution in [3.63, 3.8) is 0 Å². The van der Waals surface area contributed by atoms with Crippen molar-refractivity contribution < 1.29 is 8.83 Å². The van der Waals surface area contributed by atoms with Crippen molar-refractivity contribution >= 4 is 103 Å². The van der Waals surface area contributed by atoms with Gasteiger partial charge < -0.3 is 13.7 Å². The average molecular weight is 810 g/mol. The number of furan rings is 2. The molecular formula is C58H35NO2S. The van der Waals surface area contributed by atoms with Gasteiger partial charge in [0.1, 0.15) is 16.7 Å². The van der Waals surface area contributed by atoms with Crippen LogP contribution in [0, 0.1) is 0 Å². The maximum absolute atomic E-state index is 7.04. The Kier molecular flexibility index (Phi) is 7.78. The third-order valence-electron chi connectivity index (χ3n) is 12.5. The van der Waals surface area contributed by atoms with Gasteiger partial charge >= 0.3 is 0 Å². The quantitative estimate of drug-likeness (QED) is 0.168. The molecule has 0 atom stereocenters. The van der Waals surface area contributed by atoms with Crippen LogP contribution in [0.5, 0.6) is 0 Å². The van der Waals surface area contributed by atoms with Gasteiger partial charge in [-0.3, -0.25) is 0 Å². The van der Waals surface area contributed by atoms with Crippen molar-refractivity contribution in [2.24, 2.45) is 0 Å². The number of anilines is 3. The largest absolute Gasteiger partial charge is 0.455 e. The fourth-order valence-electron chi connectivity index (χ4n) is 9.65. The molecule has 0 aliphatic heterocycles. The van der Waals surface area contributed by atoms with E-state index >= 15 is 0 Å². The molecule has 10 aromatic carbocycles. The fourth-order valence-corrected chi connectivity index (χ4v) is 10.8. The summed E-state index contributed by atoms with van der Waals surface area (Å²) >= 11 is 1.82. The zero-order chi connectivity index (χ0) is 40.7. The molecule has 0 saturated heterocycles. The van der Waals surface area contributed by atoms with Crippen LogP contribution < -0.4 is 4.90 Å². The molecule has 3 heterocycles. The van der Waals surface area contributed by atoms with Crippen LogP contribution in [-0.4, -0.2) is 0 Å². The van der Waals surface area contributed by atoms with Gasteiger partial charge in [-0.15, -0.1) is 11.3 Å². The highest BCUT2D eigenvalue weighted by Crippen LogP contribution is 2.50. The van der Waals surface area contributed by atoms with Gasteiger partial charge in [-0.1, -0.05) is 152 Å². The van der Waals surface area contributed by atoms with Crippen LogP contribution in [0.4, 0.5) is 17.1 Å². The van der Waals surface area contributed by atoms with E-state index < -0.39 is 0 Å². The summed E-state index contributed by atoms with van der Waals surface area (Å²) in [6.45, 7) is 0. The first-order valence-electron chi connectivity index (χ1n) is 21.0. The first kappa shape index (κ1) is 34.9. The normalized spacial score (nSPS) is 11.9. The summed E-state index contributed by atoms with van der Waals surface area (Å²) in [6, 6.07) is 76.0. The second-order valence-corrected chi connectivity index (χ2v) is 17.0. The van der Waals surface area contributed by atoms with Crippen LogP contribution in [0.25, 0.3) is 108 Å². The first-order valence-corrected chi connectivity index (χ1v) is 21.8. The summed E-state index contributed by atoms with van der Waals surface area (Å²) in [5.74, 6) is 0. The third-order valence-corrected chi connectivity index (χ3v) is 13.6. The van der Waals surface area contributed by atoms with Gasteiger partial charge in [-0.25, -0.2) is 0 Å². The summed E-state index contributed by atoms with van der Waals surface area (Å²) in [6.07, 6.45) is 0. The van der Waals surface area contributed by atoms with Crippen LogP contribution in [-0.2, 0) is 0 Å². The molecule has 0 aliphatic rings. The monoisotopic (exact) mass is 809 g/mol. The highest BCUT2D eigenvalue weighted by molar-refractivity contribution is 7.26. The van der Waals surface area contributed by atoms with E-state index in [1.54, 1.807) is 0 Å². The van der Waals surface area contributed by atoms with E-state index in [0.29, 0.717) is 0 Å². The number of para-hydroxylation sites is 2. The van der Waals surface area contributed by atoms with Crippen LogP contribution in [0.1, 0.15) is 0 Å². The molecule has 4 heteroatoms. The van der Waals surface area contributed by atoms with E-state index in [-0.39, 0.29) is 0 Å². The standard InChI is InChI=1S/C58H35NO2S/c1-2-12-36(13-3-1)37-24-28-40(29-25-37)59(41-30-26-39(27-31-41)43-19-10-15-38-14-4-5-16-42(38)43)49-34-32-46(54-48-18-7-9-22-51(48)61-58(49)54)45-20-11-23-52-55(45)56-53(62-52)35-33-47-44-17-6-8-21-50(44)60-57(47)56/h1-35H. The lowest BCUT2D eigenvalue weighted by Gasteiger charge is -2.26. The molecule has 3 aromatic heterocycles. The van der Waals surface area contributed by atoms with Crippen LogP contribution in [0.15, 0.2) is 221 Å². The van der Waals surface area contributed by atoms with Gasteiger partial charge in [-0.2, -0.15) is 0 Å². The molecule has 0 N–H and O–H groups in total. The number of rotatable bonds is 6. The molecule has 0 radical (unpaired) electrons. The second kappa shape index (κ2) is 13.8. The number of fused-ring (bicyclic) bond motifs is 11. The molecule has 0 unspecified atom stereocenters. The van der Waals surface area contributed by atoms with Crippen LogP contribution >= 0.6 is 11.3 Å². The predicted octanol–water partition coefficient (Wildman–Crippen LogP) is 17.5. The Labute approximate surface area is 360 Å². The minimum absolute atomic E-state index is 0.833. The fraction of sp³-hybridized carbons (Fsp3) is 0. The van der Waals surface area contributed by atoms with Crippen molar-refractivity contribution in [1.82, 2.24) is 0 Å². The zero-order valence-corrected chi connectivity index (χ0v) is 34.2. The minimum atomic E-state index is 0.833. The molecule has 3 nitrogen and oxygen atoms in total. The lowest BCUT2D eigenvalue weighted by molar-refractivity contribution is 0.669.